The van der Waals surface area contributed by atoms with E-state index in [9.17, 15) is 10.00 Å². The molecule has 0 aliphatic carbocycles. The topological polar surface area (TPSA) is 68.2 Å². The molecule has 0 aromatic rings. The number of aliphatic hydroxyl groups excluding tert-OH is 1. The van der Waals surface area contributed by atoms with Gasteiger partial charge in [0.2, 0.25) is 0 Å². The largest absolute Gasteiger partial charge is 0.388 e. The Morgan fingerprint density at radius 2 is 2.23 bits per heavy atom. The molecular formula is C6H11O5PS. The van der Waals surface area contributed by atoms with Crippen LogP contribution in [0.1, 0.15) is 6.92 Å². The second kappa shape index (κ2) is 3.24. The first-order valence-corrected chi connectivity index (χ1v) is 6.58. The summed E-state index contributed by atoms with van der Waals surface area (Å²) in [5, 5.41) is 9.58. The standard InChI is InChI=1S/C6H11O5PS/c1-3-5(7)6-4(10-3)2-9-12(8,13)11-6/h3-7H,2H2,1H3,(H,8,13)/t3-,4+,5-,6+,12?/m0/s1. The molecule has 76 valence electrons. The third-order valence-corrected chi connectivity index (χ3v) is 3.79. The van der Waals surface area contributed by atoms with Crippen molar-refractivity contribution in [1.29, 1.82) is 0 Å². The van der Waals surface area contributed by atoms with Crippen LogP contribution >= 0.6 is 6.72 Å². The fourth-order valence-electron chi connectivity index (χ4n) is 1.54. The Kier molecular flexibility index (Phi) is 2.49. The monoisotopic (exact) mass is 226 g/mol. The Bertz CT molecular complexity index is 259. The molecule has 7 heteroatoms. The molecule has 0 saturated carbocycles. The van der Waals surface area contributed by atoms with E-state index >= 15 is 0 Å². The lowest BCUT2D eigenvalue weighted by atomic mass is 10.1. The van der Waals surface area contributed by atoms with Crippen molar-refractivity contribution < 1.29 is 23.8 Å². The minimum Gasteiger partial charge on any atom is -0.388 e. The number of rotatable bonds is 0. The predicted octanol–water partition coefficient (Wildman–Crippen LogP) is -0.233. The zero-order valence-corrected chi connectivity index (χ0v) is 8.70. The van der Waals surface area contributed by atoms with Crippen LogP contribution in [0.5, 0.6) is 0 Å². The Morgan fingerprint density at radius 3 is 2.92 bits per heavy atom. The average molecular weight is 226 g/mol. The third-order valence-electron chi connectivity index (χ3n) is 2.23. The molecule has 5 atom stereocenters. The molecule has 0 radical (unpaired) electrons. The summed E-state index contributed by atoms with van der Waals surface area (Å²) in [5.41, 5.74) is 0. The molecule has 2 aliphatic rings. The van der Waals surface area contributed by atoms with Crippen molar-refractivity contribution in [3.05, 3.63) is 0 Å². The molecule has 13 heavy (non-hydrogen) atoms. The Morgan fingerprint density at radius 1 is 1.54 bits per heavy atom. The summed E-state index contributed by atoms with van der Waals surface area (Å²) >= 11 is 4.67. The maximum absolute atomic E-state index is 9.58. The van der Waals surface area contributed by atoms with Crippen LogP contribution in [0, 0.1) is 0 Å². The fourth-order valence-corrected chi connectivity index (χ4v) is 2.98. The van der Waals surface area contributed by atoms with Gasteiger partial charge < -0.3 is 19.3 Å². The summed E-state index contributed by atoms with van der Waals surface area (Å²) in [4.78, 5) is 9.34. The average Bonchev–Trinajstić information content (AvgIpc) is 2.29. The smallest absolute Gasteiger partial charge is 0.325 e. The summed E-state index contributed by atoms with van der Waals surface area (Å²) in [6, 6.07) is 0. The molecule has 0 aromatic carbocycles. The van der Waals surface area contributed by atoms with E-state index in [-0.39, 0.29) is 18.8 Å². The van der Waals surface area contributed by atoms with Gasteiger partial charge in [0.15, 0.2) is 0 Å². The van der Waals surface area contributed by atoms with Crippen LogP contribution in [-0.4, -0.2) is 41.0 Å². The van der Waals surface area contributed by atoms with Crippen molar-refractivity contribution in [2.24, 2.45) is 0 Å². The minimum atomic E-state index is -3.13. The summed E-state index contributed by atoms with van der Waals surface area (Å²) in [5.74, 6) is 0. The van der Waals surface area contributed by atoms with Crippen molar-refractivity contribution in [3.63, 3.8) is 0 Å². The lowest BCUT2D eigenvalue weighted by molar-refractivity contribution is -0.0399. The van der Waals surface area contributed by atoms with Crippen LogP contribution in [0.15, 0.2) is 0 Å². The van der Waals surface area contributed by atoms with Gasteiger partial charge >= 0.3 is 6.72 Å². The third kappa shape index (κ3) is 1.80. The van der Waals surface area contributed by atoms with E-state index in [0.29, 0.717) is 0 Å². The number of ether oxygens (including phenoxy) is 1. The second-order valence-corrected chi connectivity index (χ2v) is 6.00. The fraction of sp³-hybridized carbons (Fsp3) is 1.00. The van der Waals surface area contributed by atoms with E-state index in [1.165, 1.54) is 0 Å². The van der Waals surface area contributed by atoms with Gasteiger partial charge in [-0.05, 0) is 18.7 Å². The van der Waals surface area contributed by atoms with Gasteiger partial charge in [0.25, 0.3) is 0 Å². The van der Waals surface area contributed by atoms with E-state index in [1.807, 2.05) is 0 Å². The number of fused-ring (bicyclic) bond motifs is 1. The normalized spacial score (nSPS) is 56.2. The molecule has 2 heterocycles. The molecule has 2 aliphatic heterocycles. The zero-order valence-electron chi connectivity index (χ0n) is 6.99. The number of hydrogen-bond donors (Lipinski definition) is 2. The minimum absolute atomic E-state index is 0.194. The van der Waals surface area contributed by atoms with E-state index < -0.39 is 18.9 Å². The van der Waals surface area contributed by atoms with Gasteiger partial charge in [-0.15, -0.1) is 0 Å². The summed E-state index contributed by atoms with van der Waals surface area (Å²) < 4.78 is 15.3. The molecule has 0 bridgehead atoms. The van der Waals surface area contributed by atoms with Gasteiger partial charge in [-0.25, -0.2) is 0 Å². The molecule has 2 saturated heterocycles. The summed E-state index contributed by atoms with van der Waals surface area (Å²) in [6.07, 6.45) is -1.89. The quantitative estimate of drug-likeness (QED) is 0.556. The first-order chi connectivity index (χ1) is 5.99. The van der Waals surface area contributed by atoms with Gasteiger partial charge in [-0.2, -0.15) is 0 Å². The number of aliphatic hydroxyl groups is 1. The predicted molar refractivity (Wildman–Crippen MR) is 47.7 cm³/mol. The molecular weight excluding hydrogens is 215 g/mol. The molecule has 1 unspecified atom stereocenters. The first kappa shape index (κ1) is 9.98. The van der Waals surface area contributed by atoms with Crippen molar-refractivity contribution in [3.8, 4) is 0 Å². The number of hydrogen-bond acceptors (Lipinski definition) is 5. The van der Waals surface area contributed by atoms with Crippen LogP contribution in [-0.2, 0) is 25.6 Å². The first-order valence-electron chi connectivity index (χ1n) is 3.99. The summed E-state index contributed by atoms with van der Waals surface area (Å²) in [7, 11) is 0. The van der Waals surface area contributed by atoms with E-state index in [1.54, 1.807) is 6.92 Å². The van der Waals surface area contributed by atoms with Gasteiger partial charge in [0.05, 0.1) is 12.7 Å². The van der Waals surface area contributed by atoms with E-state index in [4.69, 9.17) is 13.8 Å². The van der Waals surface area contributed by atoms with Crippen LogP contribution in [0.25, 0.3) is 0 Å². The van der Waals surface area contributed by atoms with Crippen molar-refractivity contribution in [2.45, 2.75) is 31.3 Å². The molecule has 2 rings (SSSR count). The summed E-state index contributed by atoms with van der Waals surface area (Å²) in [6.45, 7) is -1.19. The highest BCUT2D eigenvalue weighted by molar-refractivity contribution is 8.07. The highest BCUT2D eigenvalue weighted by Gasteiger charge is 2.48. The van der Waals surface area contributed by atoms with Crippen LogP contribution in [0.4, 0.5) is 0 Å². The second-order valence-electron chi connectivity index (χ2n) is 3.20. The van der Waals surface area contributed by atoms with Crippen LogP contribution in [0.2, 0.25) is 0 Å². The Labute approximate surface area is 80.9 Å². The maximum Gasteiger partial charge on any atom is 0.325 e. The lowest BCUT2D eigenvalue weighted by Crippen LogP contribution is -2.39. The molecule has 2 fully saturated rings. The highest BCUT2D eigenvalue weighted by atomic mass is 32.5. The SMILES string of the molecule is C[C@@H]1O[C@@H]2COP(O)(=S)O[C@H]2[C@H]1O. The van der Waals surface area contributed by atoms with Crippen LogP contribution in [0.3, 0.4) is 0 Å². The van der Waals surface area contributed by atoms with E-state index in [0.717, 1.165) is 0 Å². The molecule has 0 spiro atoms. The Hall–Kier alpha value is 0.450. The highest BCUT2D eigenvalue weighted by Crippen LogP contribution is 2.51. The lowest BCUT2D eigenvalue weighted by Gasteiger charge is -2.30. The zero-order chi connectivity index (χ0) is 9.64. The van der Waals surface area contributed by atoms with Gasteiger partial charge in [0.1, 0.15) is 18.3 Å². The van der Waals surface area contributed by atoms with Crippen molar-refractivity contribution in [1.82, 2.24) is 0 Å². The van der Waals surface area contributed by atoms with E-state index in [2.05, 4.69) is 11.8 Å². The maximum atomic E-state index is 9.58. The molecule has 2 N–H and O–H groups in total. The van der Waals surface area contributed by atoms with Crippen molar-refractivity contribution >= 4 is 18.5 Å². The molecule has 5 nitrogen and oxygen atoms in total. The molecule has 0 amide bonds. The van der Waals surface area contributed by atoms with Crippen LogP contribution < -0.4 is 0 Å². The van der Waals surface area contributed by atoms with Gasteiger partial charge in [0, 0.05) is 0 Å². The van der Waals surface area contributed by atoms with Crippen molar-refractivity contribution in [2.75, 3.05) is 6.61 Å². The molecule has 0 aromatic heterocycles. The van der Waals surface area contributed by atoms with Gasteiger partial charge in [-0.1, -0.05) is 0 Å². The van der Waals surface area contributed by atoms with Gasteiger partial charge in [-0.3, -0.25) is 4.52 Å². The Balaban J connectivity index is 2.14.